The molecule has 1 fully saturated rings. The first kappa shape index (κ1) is 14.0. The van der Waals surface area contributed by atoms with Crippen LogP contribution in [0, 0.1) is 20.8 Å². The van der Waals surface area contributed by atoms with Crippen molar-refractivity contribution in [3.05, 3.63) is 28.3 Å². The Kier molecular flexibility index (Phi) is 4.22. The molecular formula is C15H21NO3. The maximum atomic E-state index is 12.6. The van der Waals surface area contributed by atoms with E-state index in [1.54, 1.807) is 7.11 Å². The van der Waals surface area contributed by atoms with Crippen molar-refractivity contribution in [2.75, 3.05) is 26.8 Å². The van der Waals surface area contributed by atoms with Crippen LogP contribution in [-0.2, 0) is 4.74 Å². The normalized spacial score (nSPS) is 19.3. The highest BCUT2D eigenvalue weighted by molar-refractivity contribution is 6.02. The molecule has 1 saturated heterocycles. The molecule has 0 spiro atoms. The van der Waals surface area contributed by atoms with Gasteiger partial charge in [-0.3, -0.25) is 4.79 Å². The van der Waals surface area contributed by atoms with Crippen LogP contribution in [0.25, 0.3) is 0 Å². The maximum Gasteiger partial charge on any atom is 0.193 e. The van der Waals surface area contributed by atoms with Crippen LogP contribution < -0.4 is 10.1 Å². The zero-order chi connectivity index (χ0) is 14.0. The second-order valence-electron chi connectivity index (χ2n) is 4.95. The van der Waals surface area contributed by atoms with Gasteiger partial charge < -0.3 is 14.8 Å². The van der Waals surface area contributed by atoms with E-state index in [1.807, 2.05) is 26.8 Å². The molecule has 1 aromatic rings. The van der Waals surface area contributed by atoms with Crippen molar-refractivity contribution in [1.82, 2.24) is 5.32 Å². The number of carbonyl (C=O) groups excluding carboxylic acids is 1. The number of hydrogen-bond donors (Lipinski definition) is 1. The van der Waals surface area contributed by atoms with Crippen molar-refractivity contribution in [1.29, 1.82) is 0 Å². The topological polar surface area (TPSA) is 47.6 Å². The summed E-state index contributed by atoms with van der Waals surface area (Å²) in [6.07, 6.45) is -0.376. The zero-order valence-electron chi connectivity index (χ0n) is 12.0. The third-order valence-electron chi connectivity index (χ3n) is 3.74. The summed E-state index contributed by atoms with van der Waals surface area (Å²) in [5.74, 6) is 0.891. The number of morpholine rings is 1. The number of methoxy groups -OCH3 is 1. The fourth-order valence-electron chi connectivity index (χ4n) is 2.53. The molecule has 0 aliphatic carbocycles. The zero-order valence-corrected chi connectivity index (χ0v) is 12.0. The first-order valence-electron chi connectivity index (χ1n) is 6.57. The second-order valence-corrected chi connectivity index (χ2v) is 4.95. The molecule has 19 heavy (non-hydrogen) atoms. The van der Waals surface area contributed by atoms with Crippen molar-refractivity contribution in [3.63, 3.8) is 0 Å². The third kappa shape index (κ3) is 2.65. The van der Waals surface area contributed by atoms with Gasteiger partial charge in [0.1, 0.15) is 11.9 Å². The minimum Gasteiger partial charge on any atom is -0.496 e. The van der Waals surface area contributed by atoms with Gasteiger partial charge in [0.2, 0.25) is 0 Å². The number of Topliss-reactive ketones (excluding diaryl/α,β-unsaturated/α-hetero) is 1. The lowest BCUT2D eigenvalue weighted by Gasteiger charge is -2.24. The van der Waals surface area contributed by atoms with E-state index in [1.165, 1.54) is 0 Å². The van der Waals surface area contributed by atoms with Crippen LogP contribution >= 0.6 is 0 Å². The summed E-state index contributed by atoms with van der Waals surface area (Å²) >= 11 is 0. The molecular weight excluding hydrogens is 242 g/mol. The van der Waals surface area contributed by atoms with E-state index < -0.39 is 0 Å². The van der Waals surface area contributed by atoms with Gasteiger partial charge in [-0.05, 0) is 43.5 Å². The molecule has 4 heteroatoms. The van der Waals surface area contributed by atoms with Gasteiger partial charge in [0.05, 0.1) is 13.7 Å². The monoisotopic (exact) mass is 263 g/mol. The Morgan fingerprint density at radius 1 is 1.37 bits per heavy atom. The molecule has 0 bridgehead atoms. The van der Waals surface area contributed by atoms with Gasteiger partial charge in [-0.25, -0.2) is 0 Å². The lowest BCUT2D eigenvalue weighted by atomic mass is 9.92. The third-order valence-corrected chi connectivity index (χ3v) is 3.74. The van der Waals surface area contributed by atoms with Gasteiger partial charge in [-0.2, -0.15) is 0 Å². The van der Waals surface area contributed by atoms with E-state index >= 15 is 0 Å². The number of carbonyl (C=O) groups is 1. The molecule has 2 rings (SSSR count). The van der Waals surface area contributed by atoms with Gasteiger partial charge in [0.25, 0.3) is 0 Å². The van der Waals surface area contributed by atoms with Crippen molar-refractivity contribution in [2.24, 2.45) is 0 Å². The number of rotatable bonds is 3. The fourth-order valence-corrected chi connectivity index (χ4v) is 2.53. The first-order chi connectivity index (χ1) is 9.06. The van der Waals surface area contributed by atoms with E-state index in [0.29, 0.717) is 13.2 Å². The Morgan fingerprint density at radius 3 is 2.68 bits per heavy atom. The van der Waals surface area contributed by atoms with Gasteiger partial charge in [0, 0.05) is 18.7 Å². The fraction of sp³-hybridized carbons (Fsp3) is 0.533. The molecule has 1 aliphatic heterocycles. The summed E-state index contributed by atoms with van der Waals surface area (Å²) < 4.78 is 10.9. The van der Waals surface area contributed by atoms with E-state index in [-0.39, 0.29) is 11.9 Å². The maximum absolute atomic E-state index is 12.6. The van der Waals surface area contributed by atoms with Crippen molar-refractivity contribution in [2.45, 2.75) is 26.9 Å². The highest BCUT2D eigenvalue weighted by Gasteiger charge is 2.26. The SMILES string of the molecule is COc1cc(C)c(C(=O)C2CNCCO2)c(C)c1C. The van der Waals surface area contributed by atoms with E-state index in [9.17, 15) is 4.79 Å². The standard InChI is InChI=1S/C15H21NO3/c1-9-7-12(18-4)10(2)11(3)14(9)15(17)13-8-16-5-6-19-13/h7,13,16H,5-6,8H2,1-4H3. The van der Waals surface area contributed by atoms with Crippen LogP contribution in [0.2, 0.25) is 0 Å². The molecule has 1 atom stereocenters. The number of ketones is 1. The molecule has 0 aromatic heterocycles. The largest absolute Gasteiger partial charge is 0.496 e. The summed E-state index contributed by atoms with van der Waals surface area (Å²) in [6.45, 7) is 7.87. The van der Waals surface area contributed by atoms with E-state index in [4.69, 9.17) is 9.47 Å². The Morgan fingerprint density at radius 2 is 2.11 bits per heavy atom. The lowest BCUT2D eigenvalue weighted by Crippen LogP contribution is -2.43. The predicted octanol–water partition coefficient (Wildman–Crippen LogP) is 1.79. The molecule has 4 nitrogen and oxygen atoms in total. The van der Waals surface area contributed by atoms with Crippen molar-refractivity contribution >= 4 is 5.78 Å². The summed E-state index contributed by atoms with van der Waals surface area (Å²) in [5, 5.41) is 3.19. The van der Waals surface area contributed by atoms with Gasteiger partial charge in [0.15, 0.2) is 5.78 Å². The second kappa shape index (κ2) is 5.72. The summed E-state index contributed by atoms with van der Waals surface area (Å²) in [6, 6.07) is 1.92. The predicted molar refractivity (Wildman–Crippen MR) is 74.1 cm³/mol. The van der Waals surface area contributed by atoms with Crippen LogP contribution in [0.1, 0.15) is 27.0 Å². The Hall–Kier alpha value is -1.39. The van der Waals surface area contributed by atoms with Gasteiger partial charge in [-0.1, -0.05) is 0 Å². The quantitative estimate of drug-likeness (QED) is 0.845. The average Bonchev–Trinajstić information content (AvgIpc) is 2.43. The van der Waals surface area contributed by atoms with Gasteiger partial charge >= 0.3 is 0 Å². The smallest absolute Gasteiger partial charge is 0.193 e. The van der Waals surface area contributed by atoms with Crippen LogP contribution in [0.3, 0.4) is 0 Å². The molecule has 0 radical (unpaired) electrons. The molecule has 0 saturated carbocycles. The van der Waals surface area contributed by atoms with Crippen LogP contribution in [0.5, 0.6) is 5.75 Å². The number of benzene rings is 1. The number of ether oxygens (including phenoxy) is 2. The molecule has 0 amide bonds. The molecule has 1 N–H and O–H groups in total. The first-order valence-corrected chi connectivity index (χ1v) is 6.57. The highest BCUT2D eigenvalue weighted by atomic mass is 16.5. The summed E-state index contributed by atoms with van der Waals surface area (Å²) in [7, 11) is 1.65. The Bertz CT molecular complexity index is 491. The molecule has 104 valence electrons. The number of aryl methyl sites for hydroxylation is 1. The molecule has 1 aliphatic rings. The molecule has 1 heterocycles. The van der Waals surface area contributed by atoms with E-state index in [0.717, 1.165) is 34.5 Å². The Labute approximate surface area is 114 Å². The molecule has 1 unspecified atom stereocenters. The van der Waals surface area contributed by atoms with E-state index in [2.05, 4.69) is 5.32 Å². The number of nitrogens with one attached hydrogen (secondary N) is 1. The van der Waals surface area contributed by atoms with Crippen LogP contribution in [0.15, 0.2) is 6.07 Å². The average molecular weight is 263 g/mol. The minimum absolute atomic E-state index is 0.0629. The lowest BCUT2D eigenvalue weighted by molar-refractivity contribution is 0.0268. The Balaban J connectivity index is 2.38. The van der Waals surface area contributed by atoms with Crippen molar-refractivity contribution < 1.29 is 14.3 Å². The van der Waals surface area contributed by atoms with Crippen LogP contribution in [-0.4, -0.2) is 38.7 Å². The highest BCUT2D eigenvalue weighted by Crippen LogP contribution is 2.28. The number of hydrogen-bond acceptors (Lipinski definition) is 4. The molecule has 1 aromatic carbocycles. The van der Waals surface area contributed by atoms with Crippen LogP contribution in [0.4, 0.5) is 0 Å². The minimum atomic E-state index is -0.376. The summed E-state index contributed by atoms with van der Waals surface area (Å²) in [4.78, 5) is 12.6. The van der Waals surface area contributed by atoms with Gasteiger partial charge in [-0.15, -0.1) is 0 Å². The summed E-state index contributed by atoms with van der Waals surface area (Å²) in [5.41, 5.74) is 3.71. The van der Waals surface area contributed by atoms with Crippen molar-refractivity contribution in [3.8, 4) is 5.75 Å².